The van der Waals surface area contributed by atoms with Crippen LogP contribution in [0.1, 0.15) is 65.5 Å². The average Bonchev–Trinajstić information content (AvgIpc) is 3.13. The molecule has 0 saturated heterocycles. The van der Waals surface area contributed by atoms with Crippen molar-refractivity contribution in [3.05, 3.63) is 149 Å². The summed E-state index contributed by atoms with van der Waals surface area (Å²) in [7, 11) is 0. The maximum absolute atomic E-state index is 2.54. The molecule has 2 aliphatic carbocycles. The van der Waals surface area contributed by atoms with Crippen molar-refractivity contribution in [1.29, 1.82) is 0 Å². The third-order valence-corrected chi connectivity index (χ3v) is 11.6. The van der Waals surface area contributed by atoms with Crippen LogP contribution in [0.15, 0.2) is 133 Å². The Labute approximate surface area is 302 Å². The lowest BCUT2D eigenvalue weighted by atomic mass is 9.77. The molecule has 1 heteroatoms. The third-order valence-electron chi connectivity index (χ3n) is 11.6. The Morgan fingerprint density at radius 1 is 0.608 bits per heavy atom. The van der Waals surface area contributed by atoms with Gasteiger partial charge in [0, 0.05) is 22.2 Å². The largest absolute Gasteiger partial charge is 0.310 e. The molecule has 9 rings (SSSR count). The molecule has 0 radical (unpaired) electrons. The molecule has 2 aliphatic rings. The first kappa shape index (κ1) is 31.8. The van der Waals surface area contributed by atoms with Gasteiger partial charge < -0.3 is 4.90 Å². The highest BCUT2D eigenvalue weighted by Gasteiger charge is 2.28. The van der Waals surface area contributed by atoms with Crippen LogP contribution >= 0.6 is 0 Å². The van der Waals surface area contributed by atoms with Gasteiger partial charge in [-0.05, 0) is 114 Å². The van der Waals surface area contributed by atoms with Crippen molar-refractivity contribution in [2.24, 2.45) is 11.3 Å². The molecule has 0 amide bonds. The number of fused-ring (bicyclic) bond motifs is 2. The SMILES string of the molecule is CC(C)(C)c1ccc(N(C2=CCC(C(C)(C)C)C=C2)c2c3ccccc3c(-c3ccc4ccc5c6c(ccc3c46)=CCC5)c3ccccc23)cc1. The summed E-state index contributed by atoms with van der Waals surface area (Å²) in [5.41, 5.74) is 9.40. The molecular weight excluding hydrogens is 615 g/mol. The minimum Gasteiger partial charge on any atom is -0.310 e. The summed E-state index contributed by atoms with van der Waals surface area (Å²) in [6, 6.07) is 41.7. The van der Waals surface area contributed by atoms with Crippen LogP contribution in [-0.4, -0.2) is 0 Å². The lowest BCUT2D eigenvalue weighted by Gasteiger charge is -2.35. The van der Waals surface area contributed by atoms with Crippen LogP contribution in [0.3, 0.4) is 0 Å². The molecule has 7 aromatic carbocycles. The van der Waals surface area contributed by atoms with E-state index in [-0.39, 0.29) is 10.8 Å². The summed E-state index contributed by atoms with van der Waals surface area (Å²) in [6.45, 7) is 13.9. The molecule has 1 unspecified atom stereocenters. The number of aryl methyl sites for hydroxylation is 1. The zero-order chi connectivity index (χ0) is 35.1. The van der Waals surface area contributed by atoms with E-state index in [0.717, 1.165) is 19.3 Å². The van der Waals surface area contributed by atoms with Gasteiger partial charge in [-0.3, -0.25) is 0 Å². The molecule has 0 aliphatic heterocycles. The van der Waals surface area contributed by atoms with Crippen LogP contribution in [0.5, 0.6) is 0 Å². The van der Waals surface area contributed by atoms with E-state index in [1.165, 1.54) is 87.6 Å². The fourth-order valence-electron chi connectivity index (χ4n) is 8.80. The van der Waals surface area contributed by atoms with Crippen LogP contribution in [0.2, 0.25) is 0 Å². The smallest absolute Gasteiger partial charge is 0.0618 e. The van der Waals surface area contributed by atoms with Crippen molar-refractivity contribution in [2.45, 2.75) is 66.2 Å². The van der Waals surface area contributed by atoms with Gasteiger partial charge in [0.1, 0.15) is 0 Å². The van der Waals surface area contributed by atoms with E-state index < -0.39 is 0 Å². The monoisotopic (exact) mass is 661 g/mol. The zero-order valence-electron chi connectivity index (χ0n) is 30.8. The molecule has 0 aromatic heterocycles. The van der Waals surface area contributed by atoms with Gasteiger partial charge in [0.25, 0.3) is 0 Å². The number of anilines is 2. The highest BCUT2D eigenvalue weighted by Crippen LogP contribution is 2.49. The van der Waals surface area contributed by atoms with Crippen molar-refractivity contribution in [3.63, 3.8) is 0 Å². The minimum atomic E-state index is 0.0821. The first-order chi connectivity index (χ1) is 24.6. The number of allylic oxidation sites excluding steroid dienone is 3. The van der Waals surface area contributed by atoms with Crippen LogP contribution in [0, 0.1) is 11.3 Å². The summed E-state index contributed by atoms with van der Waals surface area (Å²) in [5, 5.41) is 12.0. The first-order valence-electron chi connectivity index (χ1n) is 18.8. The lowest BCUT2D eigenvalue weighted by Crippen LogP contribution is -2.23. The number of nitrogens with zero attached hydrogens (tertiary/aromatic N) is 1. The molecule has 252 valence electrons. The number of benzene rings is 7. The Bertz CT molecular complexity index is 2560. The minimum absolute atomic E-state index is 0.0821. The molecule has 51 heavy (non-hydrogen) atoms. The summed E-state index contributed by atoms with van der Waals surface area (Å²) in [5.74, 6) is 0.501. The zero-order valence-corrected chi connectivity index (χ0v) is 30.8. The van der Waals surface area contributed by atoms with Crippen molar-refractivity contribution in [2.75, 3.05) is 4.90 Å². The Kier molecular flexibility index (Phi) is 7.30. The number of rotatable bonds is 4. The summed E-state index contributed by atoms with van der Waals surface area (Å²) in [4.78, 5) is 2.54. The van der Waals surface area contributed by atoms with Crippen molar-refractivity contribution in [3.8, 4) is 11.1 Å². The molecule has 0 N–H and O–H groups in total. The summed E-state index contributed by atoms with van der Waals surface area (Å²) in [6.07, 6.45) is 13.0. The van der Waals surface area contributed by atoms with Crippen LogP contribution in [0.4, 0.5) is 11.4 Å². The highest BCUT2D eigenvalue weighted by atomic mass is 15.1. The van der Waals surface area contributed by atoms with E-state index in [4.69, 9.17) is 0 Å². The molecule has 0 fully saturated rings. The van der Waals surface area contributed by atoms with E-state index in [1.807, 2.05) is 0 Å². The van der Waals surface area contributed by atoms with Gasteiger partial charge in [-0.15, -0.1) is 0 Å². The maximum atomic E-state index is 2.54. The van der Waals surface area contributed by atoms with Crippen molar-refractivity contribution < 1.29 is 0 Å². The molecule has 7 aromatic rings. The quantitative estimate of drug-likeness (QED) is 0.170. The van der Waals surface area contributed by atoms with Gasteiger partial charge in [-0.25, -0.2) is 0 Å². The van der Waals surface area contributed by atoms with Gasteiger partial charge >= 0.3 is 0 Å². The Morgan fingerprint density at radius 2 is 1.27 bits per heavy atom. The average molecular weight is 662 g/mol. The highest BCUT2D eigenvalue weighted by molar-refractivity contribution is 6.26. The summed E-state index contributed by atoms with van der Waals surface area (Å²) >= 11 is 0. The summed E-state index contributed by atoms with van der Waals surface area (Å²) < 4.78 is 0. The second kappa shape index (κ2) is 11.7. The molecule has 0 spiro atoms. The van der Waals surface area contributed by atoms with Gasteiger partial charge in [0.15, 0.2) is 0 Å². The van der Waals surface area contributed by atoms with Crippen molar-refractivity contribution >= 4 is 60.5 Å². The molecule has 0 bridgehead atoms. The maximum Gasteiger partial charge on any atom is 0.0618 e. The van der Waals surface area contributed by atoms with Gasteiger partial charge in [-0.2, -0.15) is 0 Å². The topological polar surface area (TPSA) is 3.24 Å². The molecule has 1 nitrogen and oxygen atoms in total. The third kappa shape index (κ3) is 5.20. The second-order valence-electron chi connectivity index (χ2n) is 16.9. The number of hydrogen-bond donors (Lipinski definition) is 0. The standard InChI is InChI=1S/C50H47N/c1-49(2,3)35-22-26-37(27-23-35)51(38-28-24-36(25-29-38)50(4,5)6)48-43-16-9-7-14-39(43)47(40-15-8-10-17-44(40)48)42-31-21-34-19-18-32-12-11-13-33-20-30-41(42)46(34)45(32)33/h7-10,13-24,26-31,36H,11-12,25H2,1-6H3. The fourth-order valence-corrected chi connectivity index (χ4v) is 8.80. The van der Waals surface area contributed by atoms with E-state index in [9.17, 15) is 0 Å². The van der Waals surface area contributed by atoms with Crippen molar-refractivity contribution in [1.82, 2.24) is 0 Å². The predicted octanol–water partition coefficient (Wildman–Crippen LogP) is 13.4. The Balaban J connectivity index is 1.34. The van der Waals surface area contributed by atoms with Gasteiger partial charge in [0.05, 0.1) is 5.69 Å². The normalized spacial score (nSPS) is 16.2. The molecule has 1 atom stereocenters. The van der Waals surface area contributed by atoms with E-state index in [0.29, 0.717) is 5.92 Å². The Hall–Kier alpha value is -5.14. The van der Waals surface area contributed by atoms with Crippen LogP contribution < -0.4 is 10.1 Å². The van der Waals surface area contributed by atoms with E-state index in [1.54, 1.807) is 0 Å². The number of hydrogen-bond acceptors (Lipinski definition) is 1. The van der Waals surface area contributed by atoms with Gasteiger partial charge in [-0.1, -0.05) is 157 Å². The van der Waals surface area contributed by atoms with Crippen LogP contribution in [0.25, 0.3) is 60.3 Å². The van der Waals surface area contributed by atoms with E-state index >= 15 is 0 Å². The van der Waals surface area contributed by atoms with Gasteiger partial charge in [0.2, 0.25) is 0 Å². The predicted molar refractivity (Wildman–Crippen MR) is 222 cm³/mol. The Morgan fingerprint density at radius 3 is 1.90 bits per heavy atom. The lowest BCUT2D eigenvalue weighted by molar-refractivity contribution is 0.293. The van der Waals surface area contributed by atoms with E-state index in [2.05, 4.69) is 180 Å². The van der Waals surface area contributed by atoms with Crippen LogP contribution in [-0.2, 0) is 11.8 Å². The second-order valence-corrected chi connectivity index (χ2v) is 16.9. The molecule has 0 saturated carbocycles. The molecule has 0 heterocycles. The molecular formula is C50H47N. The first-order valence-corrected chi connectivity index (χ1v) is 18.8. The fraction of sp³-hybridized carbons (Fsp3) is 0.240.